The molecule has 4 nitrogen and oxygen atoms in total. The lowest BCUT2D eigenvalue weighted by atomic mass is 9.85. The van der Waals surface area contributed by atoms with E-state index in [1.165, 1.54) is 5.56 Å². The van der Waals surface area contributed by atoms with Crippen molar-refractivity contribution >= 4 is 11.6 Å². The molecule has 3 heterocycles. The number of halogens is 1. The molecule has 5 heteroatoms. The predicted octanol–water partition coefficient (Wildman–Crippen LogP) is 2.23. The molecule has 0 amide bonds. The highest BCUT2D eigenvalue weighted by Crippen LogP contribution is 2.47. The normalized spacial score (nSPS) is 32.9. The van der Waals surface area contributed by atoms with E-state index in [0.29, 0.717) is 6.04 Å². The van der Waals surface area contributed by atoms with Crippen LogP contribution in [0.4, 0.5) is 0 Å². The topological polar surface area (TPSA) is 33.7 Å². The molecule has 114 valence electrons. The first-order valence-electron chi connectivity index (χ1n) is 7.77. The number of para-hydroxylation sites is 1. The maximum Gasteiger partial charge on any atom is 0.143 e. The number of hydrogen-bond donors (Lipinski definition) is 1. The number of nitrogens with one attached hydrogen (secondary N) is 1. The smallest absolute Gasteiger partial charge is 0.143 e. The second-order valence-electron chi connectivity index (χ2n) is 6.24. The van der Waals surface area contributed by atoms with Crippen molar-refractivity contribution in [1.29, 1.82) is 0 Å². The zero-order valence-corrected chi connectivity index (χ0v) is 12.9. The minimum atomic E-state index is -0.0963. The molecule has 0 radical (unpaired) electrons. The van der Waals surface area contributed by atoms with Crippen molar-refractivity contribution in [2.45, 2.75) is 24.5 Å². The molecule has 1 spiro atoms. The van der Waals surface area contributed by atoms with Crippen LogP contribution in [0, 0.1) is 0 Å². The van der Waals surface area contributed by atoms with E-state index in [-0.39, 0.29) is 5.60 Å². The van der Waals surface area contributed by atoms with Gasteiger partial charge in [0, 0.05) is 44.1 Å². The van der Waals surface area contributed by atoms with Crippen molar-refractivity contribution in [1.82, 2.24) is 10.2 Å². The van der Waals surface area contributed by atoms with Gasteiger partial charge in [-0.25, -0.2) is 0 Å². The van der Waals surface area contributed by atoms with Gasteiger partial charge in [0.25, 0.3) is 0 Å². The third kappa shape index (κ3) is 2.44. The Morgan fingerprint density at radius 1 is 1.29 bits per heavy atom. The summed E-state index contributed by atoms with van der Waals surface area (Å²) < 4.78 is 11.9. The molecule has 1 N–H and O–H groups in total. The first kappa shape index (κ1) is 13.8. The second-order valence-corrected chi connectivity index (χ2v) is 6.65. The quantitative estimate of drug-likeness (QED) is 0.862. The standard InChI is InChI=1S/C16H21ClN2O2/c17-13-3-1-2-12-14(19-6-8-20-9-7-19)10-16(21-15(12)13)4-5-18-11-16/h1-3,14,18H,4-11H2. The van der Waals surface area contributed by atoms with Crippen LogP contribution in [0.5, 0.6) is 5.75 Å². The van der Waals surface area contributed by atoms with Crippen molar-refractivity contribution in [3.8, 4) is 5.75 Å². The molecule has 0 aromatic heterocycles. The predicted molar refractivity (Wildman–Crippen MR) is 82.0 cm³/mol. The minimum Gasteiger partial charge on any atom is -0.484 e. The van der Waals surface area contributed by atoms with Gasteiger partial charge in [0.05, 0.1) is 18.2 Å². The van der Waals surface area contributed by atoms with Gasteiger partial charge in [-0.1, -0.05) is 23.7 Å². The Bertz CT molecular complexity index is 525. The van der Waals surface area contributed by atoms with Crippen LogP contribution in [-0.2, 0) is 4.74 Å². The Kier molecular flexibility index (Phi) is 3.58. The molecule has 0 bridgehead atoms. The lowest BCUT2D eigenvalue weighted by Gasteiger charge is -2.45. The molecule has 4 rings (SSSR count). The Balaban J connectivity index is 1.73. The molecular weight excluding hydrogens is 288 g/mol. The van der Waals surface area contributed by atoms with Crippen LogP contribution in [0.2, 0.25) is 5.02 Å². The molecule has 2 fully saturated rings. The first-order chi connectivity index (χ1) is 10.3. The zero-order valence-electron chi connectivity index (χ0n) is 12.1. The van der Waals surface area contributed by atoms with E-state index < -0.39 is 0 Å². The van der Waals surface area contributed by atoms with Crippen molar-refractivity contribution in [3.63, 3.8) is 0 Å². The van der Waals surface area contributed by atoms with E-state index in [0.717, 1.165) is 63.0 Å². The third-order valence-corrected chi connectivity index (χ3v) is 5.23. The van der Waals surface area contributed by atoms with Crippen LogP contribution in [0.3, 0.4) is 0 Å². The molecule has 1 aromatic carbocycles. The molecule has 0 aliphatic carbocycles. The zero-order chi connectivity index (χ0) is 14.3. The molecule has 2 unspecified atom stereocenters. The van der Waals surface area contributed by atoms with Gasteiger partial charge >= 0.3 is 0 Å². The number of hydrogen-bond acceptors (Lipinski definition) is 4. The molecule has 3 aliphatic rings. The molecular formula is C16H21ClN2O2. The Labute approximate surface area is 130 Å². The van der Waals surface area contributed by atoms with Crippen LogP contribution < -0.4 is 10.1 Å². The SMILES string of the molecule is Clc1cccc2c1OC1(CCNC1)CC2N1CCOCC1. The maximum absolute atomic E-state index is 6.42. The van der Waals surface area contributed by atoms with E-state index in [1.54, 1.807) is 0 Å². The van der Waals surface area contributed by atoms with E-state index in [2.05, 4.69) is 16.3 Å². The number of benzene rings is 1. The van der Waals surface area contributed by atoms with Crippen LogP contribution >= 0.6 is 11.6 Å². The summed E-state index contributed by atoms with van der Waals surface area (Å²) in [5.41, 5.74) is 1.14. The van der Waals surface area contributed by atoms with E-state index in [9.17, 15) is 0 Å². The number of ether oxygens (including phenoxy) is 2. The highest BCUT2D eigenvalue weighted by Gasteiger charge is 2.45. The largest absolute Gasteiger partial charge is 0.484 e. The monoisotopic (exact) mass is 308 g/mol. The Hall–Kier alpha value is -0.810. The molecule has 0 saturated carbocycles. The number of nitrogens with zero attached hydrogens (tertiary/aromatic N) is 1. The average Bonchev–Trinajstić information content (AvgIpc) is 2.96. The van der Waals surface area contributed by atoms with Crippen molar-refractivity contribution < 1.29 is 9.47 Å². The highest BCUT2D eigenvalue weighted by molar-refractivity contribution is 6.32. The van der Waals surface area contributed by atoms with Crippen LogP contribution in [0.15, 0.2) is 18.2 Å². The summed E-state index contributed by atoms with van der Waals surface area (Å²) in [5.74, 6) is 0.894. The van der Waals surface area contributed by atoms with E-state index in [4.69, 9.17) is 21.1 Å². The third-order valence-electron chi connectivity index (χ3n) is 4.93. The summed E-state index contributed by atoms with van der Waals surface area (Å²) in [5, 5.41) is 4.18. The fourth-order valence-corrected chi connectivity index (χ4v) is 4.03. The summed E-state index contributed by atoms with van der Waals surface area (Å²) >= 11 is 6.42. The van der Waals surface area contributed by atoms with E-state index in [1.807, 2.05) is 12.1 Å². The number of rotatable bonds is 1. The van der Waals surface area contributed by atoms with Gasteiger partial charge in [-0.2, -0.15) is 0 Å². The van der Waals surface area contributed by atoms with Gasteiger partial charge in [0.1, 0.15) is 11.4 Å². The molecule has 3 aliphatic heterocycles. The summed E-state index contributed by atoms with van der Waals surface area (Å²) in [6.45, 7) is 5.55. The lowest BCUT2D eigenvalue weighted by molar-refractivity contribution is -0.0257. The molecule has 2 atom stereocenters. The van der Waals surface area contributed by atoms with Gasteiger partial charge in [0.15, 0.2) is 0 Å². The lowest BCUT2D eigenvalue weighted by Crippen LogP contribution is -2.49. The van der Waals surface area contributed by atoms with Gasteiger partial charge < -0.3 is 14.8 Å². The number of morpholine rings is 1. The van der Waals surface area contributed by atoms with Crippen molar-refractivity contribution in [2.75, 3.05) is 39.4 Å². The van der Waals surface area contributed by atoms with Gasteiger partial charge in [-0.05, 0) is 12.6 Å². The molecule has 21 heavy (non-hydrogen) atoms. The van der Waals surface area contributed by atoms with Gasteiger partial charge in [0.2, 0.25) is 0 Å². The maximum atomic E-state index is 6.42. The van der Waals surface area contributed by atoms with Crippen LogP contribution in [-0.4, -0.2) is 49.9 Å². The number of fused-ring (bicyclic) bond motifs is 1. The first-order valence-corrected chi connectivity index (χ1v) is 8.15. The Morgan fingerprint density at radius 2 is 2.14 bits per heavy atom. The molecule has 1 aromatic rings. The van der Waals surface area contributed by atoms with E-state index >= 15 is 0 Å². The van der Waals surface area contributed by atoms with Crippen molar-refractivity contribution in [3.05, 3.63) is 28.8 Å². The summed E-state index contributed by atoms with van der Waals surface area (Å²) in [7, 11) is 0. The van der Waals surface area contributed by atoms with Gasteiger partial charge in [-0.3, -0.25) is 4.90 Å². The fraction of sp³-hybridized carbons (Fsp3) is 0.625. The fourth-order valence-electron chi connectivity index (χ4n) is 3.81. The summed E-state index contributed by atoms with van der Waals surface area (Å²) in [6, 6.07) is 6.51. The average molecular weight is 309 g/mol. The van der Waals surface area contributed by atoms with Crippen LogP contribution in [0.25, 0.3) is 0 Å². The minimum absolute atomic E-state index is 0.0963. The summed E-state index contributed by atoms with van der Waals surface area (Å²) in [4.78, 5) is 2.53. The summed E-state index contributed by atoms with van der Waals surface area (Å²) in [6.07, 6.45) is 2.09. The Morgan fingerprint density at radius 3 is 2.90 bits per heavy atom. The van der Waals surface area contributed by atoms with Crippen molar-refractivity contribution in [2.24, 2.45) is 0 Å². The highest BCUT2D eigenvalue weighted by atomic mass is 35.5. The van der Waals surface area contributed by atoms with Gasteiger partial charge in [-0.15, -0.1) is 0 Å². The second kappa shape index (κ2) is 5.43. The van der Waals surface area contributed by atoms with Crippen LogP contribution in [0.1, 0.15) is 24.4 Å². The molecule has 2 saturated heterocycles.